The molecule has 0 radical (unpaired) electrons. The molecule has 0 aliphatic carbocycles. The molecule has 0 saturated heterocycles. The lowest BCUT2D eigenvalue weighted by Gasteiger charge is -2.10. The Labute approximate surface area is 95.7 Å². The first kappa shape index (κ1) is 13.8. The van der Waals surface area contributed by atoms with E-state index in [4.69, 9.17) is 39.9 Å². The van der Waals surface area contributed by atoms with Gasteiger partial charge in [-0.1, -0.05) is 34.8 Å². The van der Waals surface area contributed by atoms with Crippen molar-refractivity contribution in [2.45, 2.75) is 10.2 Å². The Balaban J connectivity index is 3.78. The Morgan fingerprint density at radius 2 is 1.86 bits per heavy atom. The summed E-state index contributed by atoms with van der Waals surface area (Å²) in [5, 5.41) is 12.5. The highest BCUT2D eigenvalue weighted by molar-refractivity contribution is 6.76. The average molecular weight is 264 g/mol. The number of hydrogen-bond acceptors (Lipinski definition) is 3. The zero-order valence-corrected chi connectivity index (χ0v) is 9.29. The summed E-state index contributed by atoms with van der Waals surface area (Å²) in [6.07, 6.45) is 0.384. The fourth-order valence-electron chi connectivity index (χ4n) is 0.499. The van der Waals surface area contributed by atoms with Gasteiger partial charge in [-0.3, -0.25) is 10.1 Å². The van der Waals surface area contributed by atoms with Crippen molar-refractivity contribution in [1.82, 2.24) is 10.6 Å². The maximum Gasteiger partial charge on any atom is 0.321 e. The second kappa shape index (κ2) is 6.29. The Bertz CT molecular complexity index is 217. The van der Waals surface area contributed by atoms with E-state index in [1.165, 1.54) is 0 Å². The third-order valence-electron chi connectivity index (χ3n) is 1.10. The second-order valence-electron chi connectivity index (χ2n) is 2.28. The van der Waals surface area contributed by atoms with Crippen LogP contribution >= 0.6 is 34.8 Å². The Hall–Kier alpha value is -0.230. The van der Waals surface area contributed by atoms with Gasteiger partial charge in [-0.2, -0.15) is 0 Å². The minimum absolute atomic E-state index is 0.0569. The zero-order valence-electron chi connectivity index (χ0n) is 7.02. The molecule has 3 amide bonds. The van der Waals surface area contributed by atoms with Crippen molar-refractivity contribution in [2.24, 2.45) is 0 Å². The first-order chi connectivity index (χ1) is 6.38. The van der Waals surface area contributed by atoms with Crippen LogP contribution in [0.1, 0.15) is 6.42 Å². The van der Waals surface area contributed by atoms with Gasteiger partial charge in [0.05, 0.1) is 0 Å². The number of halogens is 3. The van der Waals surface area contributed by atoms with Gasteiger partial charge in [0, 0.05) is 13.2 Å². The number of aliphatic hydroxyl groups excluding tert-OH is 1. The summed E-state index contributed by atoms with van der Waals surface area (Å²) < 4.78 is -2.16. The van der Waals surface area contributed by atoms with Gasteiger partial charge in [-0.05, 0) is 6.42 Å². The van der Waals surface area contributed by atoms with Crippen molar-refractivity contribution in [1.29, 1.82) is 0 Å². The minimum Gasteiger partial charge on any atom is -0.396 e. The van der Waals surface area contributed by atoms with Crippen molar-refractivity contribution in [3.63, 3.8) is 0 Å². The zero-order chi connectivity index (χ0) is 11.2. The molecule has 0 aromatic heterocycles. The lowest BCUT2D eigenvalue weighted by Crippen LogP contribution is -2.44. The summed E-state index contributed by atoms with van der Waals surface area (Å²) in [6.45, 7) is 0.175. The number of alkyl halides is 3. The summed E-state index contributed by atoms with van der Waals surface area (Å²) in [7, 11) is 0. The predicted octanol–water partition coefficient (Wildman–Crippen LogP) is 0.565. The predicted molar refractivity (Wildman–Crippen MR) is 53.5 cm³/mol. The van der Waals surface area contributed by atoms with E-state index in [1.54, 1.807) is 0 Å². The highest BCUT2D eigenvalue weighted by Crippen LogP contribution is 2.25. The molecule has 0 heterocycles. The lowest BCUT2D eigenvalue weighted by molar-refractivity contribution is -0.119. The number of imide groups is 1. The van der Waals surface area contributed by atoms with Crippen molar-refractivity contribution < 1.29 is 14.7 Å². The van der Waals surface area contributed by atoms with E-state index in [2.05, 4.69) is 5.32 Å². The average Bonchev–Trinajstić information content (AvgIpc) is 2.03. The molecule has 0 bridgehead atoms. The lowest BCUT2D eigenvalue weighted by atomic mass is 10.4. The molecule has 0 aromatic carbocycles. The summed E-state index contributed by atoms with van der Waals surface area (Å²) >= 11 is 15.6. The van der Waals surface area contributed by atoms with Crippen molar-refractivity contribution in [3.8, 4) is 0 Å². The molecule has 3 N–H and O–H groups in total. The number of urea groups is 1. The summed E-state index contributed by atoms with van der Waals surface area (Å²) in [5.74, 6) is -1.02. The van der Waals surface area contributed by atoms with E-state index in [1.807, 2.05) is 5.32 Å². The summed E-state index contributed by atoms with van der Waals surface area (Å²) in [5.41, 5.74) is 0. The van der Waals surface area contributed by atoms with E-state index < -0.39 is 15.7 Å². The van der Waals surface area contributed by atoms with Crippen LogP contribution in [0.5, 0.6) is 0 Å². The van der Waals surface area contributed by atoms with Crippen LogP contribution in [0.4, 0.5) is 4.79 Å². The molecule has 0 unspecified atom stereocenters. The number of carbonyl (C=O) groups is 2. The maximum absolute atomic E-state index is 10.9. The standard InChI is InChI=1S/C6H9Cl3N2O3/c7-6(8,9)4(13)11-5(14)10-2-1-3-12/h12H,1-3H2,(H2,10,11,13,14). The highest BCUT2D eigenvalue weighted by atomic mass is 35.6. The second-order valence-corrected chi connectivity index (χ2v) is 4.57. The molecule has 0 rings (SSSR count). The van der Waals surface area contributed by atoms with Crippen LogP contribution in [0.15, 0.2) is 0 Å². The van der Waals surface area contributed by atoms with E-state index >= 15 is 0 Å². The Morgan fingerprint density at radius 1 is 1.29 bits per heavy atom. The van der Waals surface area contributed by atoms with Crippen molar-refractivity contribution >= 4 is 46.7 Å². The van der Waals surface area contributed by atoms with Gasteiger partial charge in [-0.15, -0.1) is 0 Å². The Kier molecular flexibility index (Phi) is 6.19. The fourth-order valence-corrected chi connectivity index (χ4v) is 0.641. The number of nitrogens with one attached hydrogen (secondary N) is 2. The highest BCUT2D eigenvalue weighted by Gasteiger charge is 2.31. The van der Waals surface area contributed by atoms with Gasteiger partial charge in [0.1, 0.15) is 0 Å². The van der Waals surface area contributed by atoms with Crippen LogP contribution < -0.4 is 10.6 Å². The van der Waals surface area contributed by atoms with Crippen LogP contribution in [0.25, 0.3) is 0 Å². The van der Waals surface area contributed by atoms with Crippen LogP contribution in [0.2, 0.25) is 0 Å². The summed E-state index contributed by atoms with van der Waals surface area (Å²) in [6, 6.07) is -0.769. The van der Waals surface area contributed by atoms with Gasteiger partial charge >= 0.3 is 6.03 Å². The SMILES string of the molecule is O=C(NCCCO)NC(=O)C(Cl)(Cl)Cl. The van der Waals surface area contributed by atoms with Gasteiger partial charge in [0.15, 0.2) is 0 Å². The third-order valence-corrected chi connectivity index (χ3v) is 1.62. The molecule has 0 atom stereocenters. The van der Waals surface area contributed by atoms with Crippen LogP contribution in [0, 0.1) is 0 Å². The molecular formula is C6H9Cl3N2O3. The molecule has 0 aliphatic rings. The smallest absolute Gasteiger partial charge is 0.321 e. The van der Waals surface area contributed by atoms with Gasteiger partial charge in [-0.25, -0.2) is 4.79 Å². The molecule has 0 aromatic rings. The number of hydrogen-bond donors (Lipinski definition) is 3. The number of carbonyl (C=O) groups excluding carboxylic acids is 2. The number of amides is 3. The molecule has 5 nitrogen and oxygen atoms in total. The third kappa shape index (κ3) is 6.26. The normalized spacial score (nSPS) is 10.9. The van der Waals surface area contributed by atoms with Crippen molar-refractivity contribution in [3.05, 3.63) is 0 Å². The summed E-state index contributed by atoms with van der Waals surface area (Å²) in [4.78, 5) is 21.8. The van der Waals surface area contributed by atoms with Gasteiger partial charge in [0.25, 0.3) is 9.70 Å². The van der Waals surface area contributed by atoms with Gasteiger partial charge in [0.2, 0.25) is 0 Å². The maximum atomic E-state index is 10.9. The largest absolute Gasteiger partial charge is 0.396 e. The monoisotopic (exact) mass is 262 g/mol. The van der Waals surface area contributed by atoms with E-state index in [9.17, 15) is 9.59 Å². The van der Waals surface area contributed by atoms with E-state index in [0.717, 1.165) is 0 Å². The fraction of sp³-hybridized carbons (Fsp3) is 0.667. The van der Waals surface area contributed by atoms with E-state index in [-0.39, 0.29) is 13.2 Å². The first-order valence-corrected chi connectivity index (χ1v) is 4.78. The molecule has 82 valence electrons. The van der Waals surface area contributed by atoms with Crippen molar-refractivity contribution in [2.75, 3.05) is 13.2 Å². The van der Waals surface area contributed by atoms with Crippen LogP contribution in [-0.2, 0) is 4.79 Å². The topological polar surface area (TPSA) is 78.4 Å². The first-order valence-electron chi connectivity index (χ1n) is 3.64. The molecule has 8 heteroatoms. The molecular weight excluding hydrogens is 254 g/mol. The number of aliphatic hydroxyl groups is 1. The molecule has 0 fully saturated rings. The van der Waals surface area contributed by atoms with E-state index in [0.29, 0.717) is 6.42 Å². The Morgan fingerprint density at radius 3 is 2.29 bits per heavy atom. The molecule has 0 aliphatic heterocycles. The van der Waals surface area contributed by atoms with Crippen LogP contribution in [-0.4, -0.2) is 34.0 Å². The number of rotatable bonds is 3. The molecule has 0 saturated carbocycles. The minimum atomic E-state index is -2.16. The van der Waals surface area contributed by atoms with Crippen LogP contribution in [0.3, 0.4) is 0 Å². The quantitative estimate of drug-likeness (QED) is 0.514. The van der Waals surface area contributed by atoms with Gasteiger partial charge < -0.3 is 10.4 Å². The molecule has 14 heavy (non-hydrogen) atoms. The molecule has 0 spiro atoms.